The number of nitrogens with one attached hydrogen (secondary N) is 1. The topological polar surface area (TPSA) is 67.3 Å². The van der Waals surface area contributed by atoms with E-state index in [0.717, 1.165) is 11.3 Å². The third kappa shape index (κ3) is 1.65. The summed E-state index contributed by atoms with van der Waals surface area (Å²) in [6.45, 7) is 1.86. The van der Waals surface area contributed by atoms with Crippen LogP contribution in [0.15, 0.2) is 12.1 Å². The molecule has 2 heterocycles. The van der Waals surface area contributed by atoms with E-state index in [1.165, 1.54) is 0 Å². The van der Waals surface area contributed by atoms with Crippen molar-refractivity contribution >= 4 is 11.6 Å². The molecular formula is C7H6ClN5. The van der Waals surface area contributed by atoms with Gasteiger partial charge in [-0.1, -0.05) is 11.6 Å². The Kier molecular flexibility index (Phi) is 1.94. The first kappa shape index (κ1) is 8.12. The average Bonchev–Trinajstić information content (AvgIpc) is 2.53. The second kappa shape index (κ2) is 3.10. The minimum absolute atomic E-state index is 0.430. The van der Waals surface area contributed by atoms with Gasteiger partial charge in [0.25, 0.3) is 0 Å². The zero-order valence-corrected chi connectivity index (χ0v) is 7.58. The van der Waals surface area contributed by atoms with Crippen LogP contribution in [-0.4, -0.2) is 25.6 Å². The molecule has 0 aromatic carbocycles. The molecule has 0 amide bonds. The lowest BCUT2D eigenvalue weighted by molar-refractivity contribution is 0.881. The normalized spacial score (nSPS) is 10.3. The van der Waals surface area contributed by atoms with Crippen molar-refractivity contribution in [3.63, 3.8) is 0 Å². The van der Waals surface area contributed by atoms with Gasteiger partial charge in [-0.05, 0) is 24.3 Å². The zero-order valence-electron chi connectivity index (χ0n) is 6.82. The van der Waals surface area contributed by atoms with Gasteiger partial charge < -0.3 is 0 Å². The first-order chi connectivity index (χ1) is 6.25. The Labute approximate surface area is 79.1 Å². The summed E-state index contributed by atoms with van der Waals surface area (Å²) >= 11 is 5.77. The molecule has 0 atom stereocenters. The van der Waals surface area contributed by atoms with Crippen LogP contribution < -0.4 is 0 Å². The van der Waals surface area contributed by atoms with Crippen LogP contribution in [0.2, 0.25) is 5.15 Å². The van der Waals surface area contributed by atoms with Gasteiger partial charge in [0, 0.05) is 11.3 Å². The highest BCUT2D eigenvalue weighted by Crippen LogP contribution is 2.17. The molecule has 0 saturated carbocycles. The highest BCUT2D eigenvalue weighted by atomic mass is 35.5. The Bertz CT molecular complexity index is 391. The summed E-state index contributed by atoms with van der Waals surface area (Å²) in [7, 11) is 0. The maximum absolute atomic E-state index is 5.77. The van der Waals surface area contributed by atoms with Crippen molar-refractivity contribution in [3.05, 3.63) is 23.0 Å². The van der Waals surface area contributed by atoms with Crippen LogP contribution >= 0.6 is 11.6 Å². The fourth-order valence-corrected chi connectivity index (χ4v) is 1.29. The summed E-state index contributed by atoms with van der Waals surface area (Å²) in [6, 6.07) is 3.54. The van der Waals surface area contributed by atoms with Gasteiger partial charge in [0.05, 0.1) is 0 Å². The predicted octanol–water partition coefficient (Wildman–Crippen LogP) is 1.22. The van der Waals surface area contributed by atoms with E-state index >= 15 is 0 Å². The maximum Gasteiger partial charge on any atom is 0.204 e. The zero-order chi connectivity index (χ0) is 9.26. The molecule has 0 saturated heterocycles. The van der Waals surface area contributed by atoms with Gasteiger partial charge in [-0.25, -0.2) is 4.98 Å². The molecular weight excluding hydrogens is 190 g/mol. The van der Waals surface area contributed by atoms with E-state index in [0.29, 0.717) is 11.0 Å². The van der Waals surface area contributed by atoms with Crippen molar-refractivity contribution in [1.29, 1.82) is 0 Å². The first-order valence-corrected chi connectivity index (χ1v) is 4.01. The van der Waals surface area contributed by atoms with Gasteiger partial charge in [0.1, 0.15) is 5.15 Å². The number of hydrogen-bond acceptors (Lipinski definition) is 4. The number of rotatable bonds is 1. The Morgan fingerprint density at radius 3 is 2.85 bits per heavy atom. The Balaban J connectivity index is 2.53. The summed E-state index contributed by atoms with van der Waals surface area (Å²) in [6.07, 6.45) is 0. The molecule has 13 heavy (non-hydrogen) atoms. The largest absolute Gasteiger partial charge is 0.241 e. The molecule has 2 aromatic heterocycles. The van der Waals surface area contributed by atoms with E-state index < -0.39 is 0 Å². The fourth-order valence-electron chi connectivity index (χ4n) is 1.04. The molecule has 0 unspecified atom stereocenters. The molecule has 0 aliphatic rings. The van der Waals surface area contributed by atoms with Crippen molar-refractivity contribution in [2.24, 2.45) is 0 Å². The van der Waals surface area contributed by atoms with E-state index in [1.807, 2.05) is 13.0 Å². The van der Waals surface area contributed by atoms with E-state index in [1.54, 1.807) is 6.07 Å². The minimum Gasteiger partial charge on any atom is -0.241 e. The van der Waals surface area contributed by atoms with Gasteiger partial charge in [-0.15, -0.1) is 10.2 Å². The van der Waals surface area contributed by atoms with Gasteiger partial charge in [0.15, 0.2) is 0 Å². The third-order valence-electron chi connectivity index (χ3n) is 1.53. The van der Waals surface area contributed by atoms with Gasteiger partial charge in [-0.2, -0.15) is 5.21 Å². The Hall–Kier alpha value is -1.49. The minimum atomic E-state index is 0.430. The van der Waals surface area contributed by atoms with Crippen LogP contribution in [0.1, 0.15) is 5.69 Å². The lowest BCUT2D eigenvalue weighted by atomic mass is 10.2. The number of H-pyrrole nitrogens is 1. The number of aryl methyl sites for hydroxylation is 1. The third-order valence-corrected chi connectivity index (χ3v) is 1.72. The molecule has 2 aromatic rings. The summed E-state index contributed by atoms with van der Waals surface area (Å²) in [4.78, 5) is 4.02. The number of pyridine rings is 1. The first-order valence-electron chi connectivity index (χ1n) is 3.64. The van der Waals surface area contributed by atoms with E-state index in [2.05, 4.69) is 25.6 Å². The van der Waals surface area contributed by atoms with Crippen LogP contribution in [0.25, 0.3) is 11.4 Å². The molecule has 0 aliphatic heterocycles. The Morgan fingerprint density at radius 2 is 2.23 bits per heavy atom. The average molecular weight is 196 g/mol. The lowest BCUT2D eigenvalue weighted by Crippen LogP contribution is -1.86. The number of halogens is 1. The summed E-state index contributed by atoms with van der Waals surface area (Å²) in [5, 5.41) is 13.9. The van der Waals surface area contributed by atoms with Crippen LogP contribution in [0.3, 0.4) is 0 Å². The molecule has 0 bridgehead atoms. The molecule has 0 aliphatic carbocycles. The van der Waals surface area contributed by atoms with Crippen LogP contribution in [-0.2, 0) is 0 Å². The van der Waals surface area contributed by atoms with Crippen LogP contribution in [0.4, 0.5) is 0 Å². The van der Waals surface area contributed by atoms with E-state index in [-0.39, 0.29) is 0 Å². The standard InChI is InChI=1S/C7H6ClN5/c1-4-2-5(3-6(8)9-4)7-10-12-13-11-7/h2-3H,1H3,(H,10,11,12,13). The predicted molar refractivity (Wildman–Crippen MR) is 47.2 cm³/mol. The quantitative estimate of drug-likeness (QED) is 0.695. The second-order valence-electron chi connectivity index (χ2n) is 2.56. The van der Waals surface area contributed by atoms with Crippen LogP contribution in [0, 0.1) is 6.92 Å². The summed E-state index contributed by atoms with van der Waals surface area (Å²) < 4.78 is 0. The van der Waals surface area contributed by atoms with Gasteiger partial charge in [0.2, 0.25) is 5.82 Å². The Morgan fingerprint density at radius 1 is 1.38 bits per heavy atom. The SMILES string of the molecule is Cc1cc(-c2nn[nH]n2)cc(Cl)n1. The lowest BCUT2D eigenvalue weighted by Gasteiger charge is -1.97. The van der Waals surface area contributed by atoms with Crippen LogP contribution in [0.5, 0.6) is 0 Å². The number of hydrogen-bond donors (Lipinski definition) is 1. The smallest absolute Gasteiger partial charge is 0.204 e. The molecule has 0 fully saturated rings. The van der Waals surface area contributed by atoms with Gasteiger partial charge in [-0.3, -0.25) is 0 Å². The van der Waals surface area contributed by atoms with E-state index in [9.17, 15) is 0 Å². The van der Waals surface area contributed by atoms with E-state index in [4.69, 9.17) is 11.6 Å². The molecule has 5 nitrogen and oxygen atoms in total. The van der Waals surface area contributed by atoms with Crippen molar-refractivity contribution in [2.75, 3.05) is 0 Å². The summed E-state index contributed by atoms with van der Waals surface area (Å²) in [5.74, 6) is 0.521. The molecule has 2 rings (SSSR count). The van der Waals surface area contributed by atoms with Crippen molar-refractivity contribution in [3.8, 4) is 11.4 Å². The maximum atomic E-state index is 5.77. The number of nitrogens with zero attached hydrogens (tertiary/aromatic N) is 4. The second-order valence-corrected chi connectivity index (χ2v) is 2.94. The summed E-state index contributed by atoms with van der Waals surface area (Å²) in [5.41, 5.74) is 1.64. The van der Waals surface area contributed by atoms with Gasteiger partial charge >= 0.3 is 0 Å². The molecule has 6 heteroatoms. The fraction of sp³-hybridized carbons (Fsp3) is 0.143. The molecule has 1 N–H and O–H groups in total. The highest BCUT2D eigenvalue weighted by Gasteiger charge is 2.04. The number of aromatic nitrogens is 5. The monoisotopic (exact) mass is 195 g/mol. The van der Waals surface area contributed by atoms with Crippen molar-refractivity contribution in [1.82, 2.24) is 25.6 Å². The number of aromatic amines is 1. The number of tetrazole rings is 1. The molecule has 66 valence electrons. The molecule has 0 spiro atoms. The highest BCUT2D eigenvalue weighted by molar-refractivity contribution is 6.29. The van der Waals surface area contributed by atoms with Crippen molar-refractivity contribution in [2.45, 2.75) is 6.92 Å². The van der Waals surface area contributed by atoms with Crippen molar-refractivity contribution < 1.29 is 0 Å². The molecule has 0 radical (unpaired) electrons.